The Labute approximate surface area is 90.8 Å². The molecule has 1 aromatic heterocycles. The van der Waals surface area contributed by atoms with E-state index in [0.717, 1.165) is 30.5 Å². The molecule has 0 saturated carbocycles. The Morgan fingerprint density at radius 1 is 1.53 bits per heavy atom. The molecule has 1 unspecified atom stereocenters. The molecule has 0 spiro atoms. The lowest BCUT2D eigenvalue weighted by Crippen LogP contribution is -2.44. The minimum absolute atomic E-state index is 0.703. The molecule has 1 aliphatic heterocycles. The third kappa shape index (κ3) is 2.03. The van der Waals surface area contributed by atoms with E-state index in [1.54, 1.807) is 12.4 Å². The van der Waals surface area contributed by atoms with Crippen LogP contribution in [0.1, 0.15) is 24.0 Å². The lowest BCUT2D eigenvalue weighted by Gasteiger charge is -2.38. The lowest BCUT2D eigenvalue weighted by atomic mass is 9.85. The van der Waals surface area contributed by atoms with Gasteiger partial charge >= 0.3 is 0 Å². The zero-order chi connectivity index (χ0) is 10.9. The molecule has 15 heavy (non-hydrogen) atoms. The number of rotatable bonds is 1. The second-order valence-electron chi connectivity index (χ2n) is 4.56. The molecule has 2 heterocycles. The first-order valence-electron chi connectivity index (χ1n) is 5.44. The van der Waals surface area contributed by atoms with E-state index in [9.17, 15) is 5.11 Å². The summed E-state index contributed by atoms with van der Waals surface area (Å²) in [7, 11) is 2.05. The summed E-state index contributed by atoms with van der Waals surface area (Å²) < 4.78 is 0. The highest BCUT2D eigenvalue weighted by molar-refractivity contribution is 5.28. The third-order valence-electron chi connectivity index (χ3n) is 3.20. The number of piperidine rings is 1. The number of β-amino-alcohol motifs (C(OH)–C–C–N with tert-alkyl or cyclic N) is 1. The Morgan fingerprint density at radius 3 is 3.00 bits per heavy atom. The fourth-order valence-corrected chi connectivity index (χ4v) is 2.42. The van der Waals surface area contributed by atoms with Crippen molar-refractivity contribution in [2.24, 2.45) is 0 Å². The van der Waals surface area contributed by atoms with Crippen LogP contribution in [0.15, 0.2) is 18.5 Å². The maximum absolute atomic E-state index is 10.6. The van der Waals surface area contributed by atoms with E-state index in [0.29, 0.717) is 6.54 Å². The average Bonchev–Trinajstić information content (AvgIpc) is 2.17. The number of aromatic nitrogens is 1. The van der Waals surface area contributed by atoms with Gasteiger partial charge in [-0.2, -0.15) is 0 Å². The molecule has 1 aliphatic rings. The summed E-state index contributed by atoms with van der Waals surface area (Å²) in [6.07, 6.45) is 5.45. The molecule has 0 bridgehead atoms. The van der Waals surface area contributed by atoms with Gasteiger partial charge in [0.2, 0.25) is 0 Å². The zero-order valence-corrected chi connectivity index (χ0v) is 9.40. The molecule has 2 rings (SSSR count). The van der Waals surface area contributed by atoms with E-state index in [4.69, 9.17) is 0 Å². The van der Waals surface area contributed by atoms with Crippen LogP contribution in [0.3, 0.4) is 0 Å². The van der Waals surface area contributed by atoms with Gasteiger partial charge in [-0.25, -0.2) is 0 Å². The van der Waals surface area contributed by atoms with Crippen LogP contribution in [0.5, 0.6) is 0 Å². The smallest absolute Gasteiger partial charge is 0.104 e. The summed E-state index contributed by atoms with van der Waals surface area (Å²) in [5.41, 5.74) is 1.41. The summed E-state index contributed by atoms with van der Waals surface area (Å²) in [6, 6.07) is 1.96. The van der Waals surface area contributed by atoms with Gasteiger partial charge in [0.1, 0.15) is 5.60 Å². The van der Waals surface area contributed by atoms with Crippen molar-refractivity contribution in [3.8, 4) is 0 Å². The molecule has 1 N–H and O–H groups in total. The molecular formula is C12H18N2O. The summed E-state index contributed by atoms with van der Waals surface area (Å²) >= 11 is 0. The average molecular weight is 206 g/mol. The van der Waals surface area contributed by atoms with Gasteiger partial charge in [0.15, 0.2) is 0 Å². The first-order chi connectivity index (χ1) is 7.12. The van der Waals surface area contributed by atoms with Gasteiger partial charge in [0.05, 0.1) is 0 Å². The minimum Gasteiger partial charge on any atom is -0.384 e. The molecule has 1 atom stereocenters. The summed E-state index contributed by atoms with van der Waals surface area (Å²) in [6.45, 7) is 3.81. The van der Waals surface area contributed by atoms with E-state index < -0.39 is 5.60 Å². The standard InChI is InChI=1S/C12H18N2O/c1-10-4-6-13-8-11(10)12(15)5-3-7-14(2)9-12/h4,6,8,15H,3,5,7,9H2,1-2H3. The van der Waals surface area contributed by atoms with E-state index in [1.165, 1.54) is 0 Å². The van der Waals surface area contributed by atoms with Crippen molar-refractivity contribution >= 4 is 0 Å². The minimum atomic E-state index is -0.703. The highest BCUT2D eigenvalue weighted by Gasteiger charge is 2.34. The zero-order valence-electron chi connectivity index (χ0n) is 9.40. The fraction of sp³-hybridized carbons (Fsp3) is 0.583. The van der Waals surface area contributed by atoms with Crippen molar-refractivity contribution in [1.29, 1.82) is 0 Å². The molecule has 0 radical (unpaired) electrons. The molecule has 3 heteroatoms. The molecule has 82 valence electrons. The van der Waals surface area contributed by atoms with Crippen molar-refractivity contribution in [2.45, 2.75) is 25.4 Å². The maximum Gasteiger partial charge on any atom is 0.104 e. The number of pyridine rings is 1. The highest BCUT2D eigenvalue weighted by atomic mass is 16.3. The van der Waals surface area contributed by atoms with Crippen molar-refractivity contribution in [3.63, 3.8) is 0 Å². The number of aryl methyl sites for hydroxylation is 1. The first-order valence-corrected chi connectivity index (χ1v) is 5.44. The Morgan fingerprint density at radius 2 is 2.33 bits per heavy atom. The first kappa shape index (κ1) is 10.6. The van der Waals surface area contributed by atoms with Gasteiger partial charge in [-0.3, -0.25) is 4.98 Å². The van der Waals surface area contributed by atoms with Gasteiger partial charge in [-0.05, 0) is 45.0 Å². The van der Waals surface area contributed by atoms with Gasteiger partial charge in [-0.1, -0.05) is 0 Å². The van der Waals surface area contributed by atoms with Crippen LogP contribution >= 0.6 is 0 Å². The molecule has 0 aromatic carbocycles. The normalized spacial score (nSPS) is 27.9. The number of hydrogen-bond donors (Lipinski definition) is 1. The SMILES string of the molecule is Cc1ccncc1C1(O)CCCN(C)C1. The second kappa shape index (κ2) is 3.91. The van der Waals surface area contributed by atoms with Gasteiger partial charge in [0.25, 0.3) is 0 Å². The highest BCUT2D eigenvalue weighted by Crippen LogP contribution is 2.32. The molecular weight excluding hydrogens is 188 g/mol. The molecule has 1 aromatic rings. The largest absolute Gasteiger partial charge is 0.384 e. The van der Waals surface area contributed by atoms with Crippen molar-refractivity contribution in [3.05, 3.63) is 29.6 Å². The van der Waals surface area contributed by atoms with E-state index >= 15 is 0 Å². The van der Waals surface area contributed by atoms with E-state index in [1.807, 2.05) is 13.0 Å². The Hall–Kier alpha value is -0.930. The number of likely N-dealkylation sites (tertiary alicyclic amines) is 1. The predicted molar refractivity (Wildman–Crippen MR) is 59.6 cm³/mol. The Kier molecular flexibility index (Phi) is 2.76. The summed E-state index contributed by atoms with van der Waals surface area (Å²) in [4.78, 5) is 6.29. The van der Waals surface area contributed by atoms with Crippen molar-refractivity contribution < 1.29 is 5.11 Å². The summed E-state index contributed by atoms with van der Waals surface area (Å²) in [5.74, 6) is 0. The van der Waals surface area contributed by atoms with Crippen LogP contribution < -0.4 is 0 Å². The molecule has 0 amide bonds. The molecule has 1 saturated heterocycles. The van der Waals surface area contributed by atoms with Gasteiger partial charge in [0, 0.05) is 24.5 Å². The second-order valence-corrected chi connectivity index (χ2v) is 4.56. The van der Waals surface area contributed by atoms with Crippen LogP contribution in [-0.4, -0.2) is 35.1 Å². The van der Waals surface area contributed by atoms with Crippen LogP contribution in [-0.2, 0) is 5.60 Å². The Balaban J connectivity index is 2.32. The van der Waals surface area contributed by atoms with Crippen LogP contribution in [0.4, 0.5) is 0 Å². The number of aliphatic hydroxyl groups is 1. The van der Waals surface area contributed by atoms with E-state index in [-0.39, 0.29) is 0 Å². The fourth-order valence-electron chi connectivity index (χ4n) is 2.42. The molecule has 0 aliphatic carbocycles. The quantitative estimate of drug-likeness (QED) is 0.752. The van der Waals surface area contributed by atoms with E-state index in [2.05, 4.69) is 16.9 Å². The molecule has 3 nitrogen and oxygen atoms in total. The van der Waals surface area contributed by atoms with Crippen molar-refractivity contribution in [1.82, 2.24) is 9.88 Å². The van der Waals surface area contributed by atoms with Crippen LogP contribution in [0.25, 0.3) is 0 Å². The maximum atomic E-state index is 10.6. The van der Waals surface area contributed by atoms with Crippen LogP contribution in [0, 0.1) is 6.92 Å². The predicted octanol–water partition coefficient (Wildman–Crippen LogP) is 1.30. The Bertz CT molecular complexity index is 353. The molecule has 1 fully saturated rings. The van der Waals surface area contributed by atoms with Crippen LogP contribution in [0.2, 0.25) is 0 Å². The monoisotopic (exact) mass is 206 g/mol. The summed E-state index contributed by atoms with van der Waals surface area (Å²) in [5, 5.41) is 10.6. The lowest BCUT2D eigenvalue weighted by molar-refractivity contribution is -0.0284. The van der Waals surface area contributed by atoms with Gasteiger partial charge < -0.3 is 10.0 Å². The number of hydrogen-bond acceptors (Lipinski definition) is 3. The third-order valence-corrected chi connectivity index (χ3v) is 3.20. The van der Waals surface area contributed by atoms with Gasteiger partial charge in [-0.15, -0.1) is 0 Å². The number of nitrogens with zero attached hydrogens (tertiary/aromatic N) is 2. The van der Waals surface area contributed by atoms with Crippen molar-refractivity contribution in [2.75, 3.05) is 20.1 Å². The topological polar surface area (TPSA) is 36.4 Å². The number of likely N-dealkylation sites (N-methyl/N-ethyl adjacent to an activating group) is 1.